The first-order valence-corrected chi connectivity index (χ1v) is 4.29. The molecular formula is C9H16O2. The molecule has 1 aliphatic rings. The summed E-state index contributed by atoms with van der Waals surface area (Å²) < 4.78 is 10.7. The molecule has 0 unspecified atom stereocenters. The maximum Gasteiger partial charge on any atom is 0.177 e. The van der Waals surface area contributed by atoms with Crippen molar-refractivity contribution in [2.45, 2.75) is 33.0 Å². The van der Waals surface area contributed by atoms with E-state index in [4.69, 9.17) is 9.47 Å². The maximum absolute atomic E-state index is 5.33. The fourth-order valence-electron chi connectivity index (χ4n) is 0.904. The van der Waals surface area contributed by atoms with E-state index in [1.54, 1.807) is 0 Å². The molecule has 0 spiro atoms. The summed E-state index contributed by atoms with van der Waals surface area (Å²) in [4.78, 5) is 0. The Labute approximate surface area is 68.2 Å². The van der Waals surface area contributed by atoms with Crippen LogP contribution in [0.1, 0.15) is 26.7 Å². The van der Waals surface area contributed by atoms with Crippen LogP contribution in [0.25, 0.3) is 0 Å². The Morgan fingerprint density at radius 1 is 1.27 bits per heavy atom. The van der Waals surface area contributed by atoms with Crippen LogP contribution in [0.4, 0.5) is 0 Å². The number of hydrogen-bond donors (Lipinski definition) is 0. The molecule has 1 saturated carbocycles. The second-order valence-corrected chi connectivity index (χ2v) is 2.60. The van der Waals surface area contributed by atoms with Gasteiger partial charge in [0.1, 0.15) is 0 Å². The second-order valence-electron chi connectivity index (χ2n) is 2.60. The summed E-state index contributed by atoms with van der Waals surface area (Å²) in [6, 6.07) is 0. The third kappa shape index (κ3) is 3.54. The van der Waals surface area contributed by atoms with Crippen molar-refractivity contribution < 1.29 is 9.47 Å². The lowest BCUT2D eigenvalue weighted by Gasteiger charge is -2.11. The van der Waals surface area contributed by atoms with E-state index in [1.165, 1.54) is 18.4 Å². The highest BCUT2D eigenvalue weighted by molar-refractivity contribution is 5.17. The van der Waals surface area contributed by atoms with Gasteiger partial charge in [-0.1, -0.05) is 5.57 Å². The summed E-state index contributed by atoms with van der Waals surface area (Å²) in [5.74, 6) is 0. The van der Waals surface area contributed by atoms with Crippen LogP contribution >= 0.6 is 0 Å². The standard InChI is InChI=1S/C9H16O2/c1-3-10-9(11-4-2)7-8-5-6-8/h7,9H,3-6H2,1-2H3. The van der Waals surface area contributed by atoms with E-state index >= 15 is 0 Å². The Kier molecular flexibility index (Phi) is 3.60. The number of rotatable bonds is 5. The van der Waals surface area contributed by atoms with Crippen LogP contribution in [-0.4, -0.2) is 19.5 Å². The molecule has 0 saturated heterocycles. The minimum Gasteiger partial charge on any atom is -0.349 e. The normalized spacial score (nSPS) is 15.7. The summed E-state index contributed by atoms with van der Waals surface area (Å²) in [7, 11) is 0. The molecule has 1 aliphatic carbocycles. The molecule has 0 aromatic heterocycles. The molecular weight excluding hydrogens is 140 g/mol. The number of ether oxygens (including phenoxy) is 2. The molecule has 0 aromatic rings. The summed E-state index contributed by atoms with van der Waals surface area (Å²) in [5.41, 5.74) is 1.47. The van der Waals surface area contributed by atoms with Gasteiger partial charge in [-0.15, -0.1) is 0 Å². The minimum atomic E-state index is -0.0949. The van der Waals surface area contributed by atoms with Crippen molar-refractivity contribution in [3.63, 3.8) is 0 Å². The van der Waals surface area contributed by atoms with Gasteiger partial charge in [-0.05, 0) is 32.8 Å². The van der Waals surface area contributed by atoms with Crippen LogP contribution in [0.3, 0.4) is 0 Å². The molecule has 2 heteroatoms. The highest BCUT2D eigenvalue weighted by atomic mass is 16.7. The van der Waals surface area contributed by atoms with E-state index in [0.29, 0.717) is 13.2 Å². The zero-order chi connectivity index (χ0) is 8.10. The van der Waals surface area contributed by atoms with Gasteiger partial charge >= 0.3 is 0 Å². The Hall–Kier alpha value is -0.340. The Morgan fingerprint density at radius 2 is 1.82 bits per heavy atom. The molecule has 0 heterocycles. The van der Waals surface area contributed by atoms with E-state index in [2.05, 4.69) is 6.08 Å². The lowest BCUT2D eigenvalue weighted by Crippen LogP contribution is -2.14. The Bertz CT molecular complexity index is 128. The van der Waals surface area contributed by atoms with Crippen LogP contribution in [0.2, 0.25) is 0 Å². The van der Waals surface area contributed by atoms with E-state index in [1.807, 2.05) is 13.8 Å². The predicted octanol–water partition coefficient (Wildman–Crippen LogP) is 2.11. The highest BCUT2D eigenvalue weighted by Gasteiger charge is 2.14. The van der Waals surface area contributed by atoms with Gasteiger partial charge in [-0.25, -0.2) is 0 Å². The average Bonchev–Trinajstić information content (AvgIpc) is 2.73. The molecule has 2 nitrogen and oxygen atoms in total. The molecule has 0 radical (unpaired) electrons. The van der Waals surface area contributed by atoms with Crippen LogP contribution < -0.4 is 0 Å². The molecule has 1 fully saturated rings. The average molecular weight is 156 g/mol. The van der Waals surface area contributed by atoms with Crippen molar-refractivity contribution in [1.82, 2.24) is 0 Å². The first-order valence-electron chi connectivity index (χ1n) is 4.29. The van der Waals surface area contributed by atoms with E-state index in [-0.39, 0.29) is 6.29 Å². The van der Waals surface area contributed by atoms with Crippen molar-refractivity contribution >= 4 is 0 Å². The van der Waals surface area contributed by atoms with Crippen molar-refractivity contribution in [3.8, 4) is 0 Å². The number of allylic oxidation sites excluding steroid dienone is 1. The first-order chi connectivity index (χ1) is 5.36. The van der Waals surface area contributed by atoms with Gasteiger partial charge in [-0.2, -0.15) is 0 Å². The van der Waals surface area contributed by atoms with E-state index in [9.17, 15) is 0 Å². The highest BCUT2D eigenvalue weighted by Crippen LogP contribution is 2.28. The molecule has 0 aromatic carbocycles. The summed E-state index contributed by atoms with van der Waals surface area (Å²) >= 11 is 0. The third-order valence-corrected chi connectivity index (χ3v) is 1.57. The maximum atomic E-state index is 5.33. The second kappa shape index (κ2) is 4.52. The molecule has 0 aliphatic heterocycles. The topological polar surface area (TPSA) is 18.5 Å². The van der Waals surface area contributed by atoms with Crippen molar-refractivity contribution in [2.24, 2.45) is 0 Å². The van der Waals surface area contributed by atoms with Gasteiger partial charge < -0.3 is 9.47 Å². The van der Waals surface area contributed by atoms with Crippen molar-refractivity contribution in [3.05, 3.63) is 11.6 Å². The lowest BCUT2D eigenvalue weighted by atomic mass is 10.5. The summed E-state index contributed by atoms with van der Waals surface area (Å²) in [6.07, 6.45) is 4.46. The van der Waals surface area contributed by atoms with Crippen molar-refractivity contribution in [1.29, 1.82) is 0 Å². The quantitative estimate of drug-likeness (QED) is 0.448. The fraction of sp³-hybridized carbons (Fsp3) is 0.778. The van der Waals surface area contributed by atoms with Gasteiger partial charge in [-0.3, -0.25) is 0 Å². The smallest absolute Gasteiger partial charge is 0.177 e. The predicted molar refractivity (Wildman–Crippen MR) is 44.4 cm³/mol. The first kappa shape index (κ1) is 8.75. The largest absolute Gasteiger partial charge is 0.349 e. The molecule has 0 N–H and O–H groups in total. The van der Waals surface area contributed by atoms with E-state index < -0.39 is 0 Å². The Balaban J connectivity index is 2.25. The number of hydrogen-bond acceptors (Lipinski definition) is 2. The summed E-state index contributed by atoms with van der Waals surface area (Å²) in [6.45, 7) is 5.40. The fourth-order valence-corrected chi connectivity index (χ4v) is 0.904. The third-order valence-electron chi connectivity index (χ3n) is 1.57. The van der Waals surface area contributed by atoms with Gasteiger partial charge in [0.15, 0.2) is 6.29 Å². The molecule has 0 bridgehead atoms. The molecule has 0 atom stereocenters. The van der Waals surface area contributed by atoms with Gasteiger partial charge in [0.25, 0.3) is 0 Å². The minimum absolute atomic E-state index is 0.0949. The van der Waals surface area contributed by atoms with Crippen LogP contribution in [0.15, 0.2) is 11.6 Å². The van der Waals surface area contributed by atoms with Crippen LogP contribution in [0, 0.1) is 0 Å². The van der Waals surface area contributed by atoms with E-state index in [0.717, 1.165) is 0 Å². The molecule has 1 rings (SSSR count). The lowest BCUT2D eigenvalue weighted by molar-refractivity contribution is -0.104. The monoisotopic (exact) mass is 156 g/mol. The van der Waals surface area contributed by atoms with Gasteiger partial charge in [0.05, 0.1) is 0 Å². The molecule has 64 valence electrons. The SMILES string of the molecule is CCOC(C=C1CC1)OCC. The van der Waals surface area contributed by atoms with Crippen LogP contribution in [0.5, 0.6) is 0 Å². The van der Waals surface area contributed by atoms with Gasteiger partial charge in [0.2, 0.25) is 0 Å². The summed E-state index contributed by atoms with van der Waals surface area (Å²) in [5, 5.41) is 0. The van der Waals surface area contributed by atoms with Crippen molar-refractivity contribution in [2.75, 3.05) is 13.2 Å². The zero-order valence-corrected chi connectivity index (χ0v) is 7.30. The Morgan fingerprint density at radius 3 is 2.18 bits per heavy atom. The molecule has 11 heavy (non-hydrogen) atoms. The molecule has 0 amide bonds. The zero-order valence-electron chi connectivity index (χ0n) is 7.30. The van der Waals surface area contributed by atoms with Crippen LogP contribution in [-0.2, 0) is 9.47 Å². The van der Waals surface area contributed by atoms with Gasteiger partial charge in [0, 0.05) is 13.2 Å².